The highest BCUT2D eigenvalue weighted by Gasteiger charge is 2.35. The van der Waals surface area contributed by atoms with Crippen molar-refractivity contribution in [1.82, 2.24) is 14.9 Å². The third-order valence-electron chi connectivity index (χ3n) is 5.21. The number of nitrogens with zero attached hydrogens (tertiary/aromatic N) is 3. The van der Waals surface area contributed by atoms with E-state index in [1.165, 1.54) is 0 Å². The van der Waals surface area contributed by atoms with Crippen LogP contribution in [0.15, 0.2) is 16.7 Å². The van der Waals surface area contributed by atoms with Gasteiger partial charge in [0, 0.05) is 24.7 Å². The van der Waals surface area contributed by atoms with Gasteiger partial charge in [0.1, 0.15) is 17.3 Å². The molecule has 5 heteroatoms. The SMILES string of the molecule is Cc1nccc([C@@H]2CCCN2C(=O)c2c(C)oc3c2CCCC3)n1. The van der Waals surface area contributed by atoms with Gasteiger partial charge in [-0.1, -0.05) is 0 Å². The molecule has 0 N–H and O–H groups in total. The highest BCUT2D eigenvalue weighted by molar-refractivity contribution is 5.97. The molecule has 0 radical (unpaired) electrons. The van der Waals surface area contributed by atoms with Crippen LogP contribution in [0.1, 0.15) is 70.7 Å². The van der Waals surface area contributed by atoms with Crippen LogP contribution in [0.25, 0.3) is 0 Å². The molecule has 1 atom stereocenters. The van der Waals surface area contributed by atoms with Gasteiger partial charge >= 0.3 is 0 Å². The minimum atomic E-state index is 0.0488. The molecule has 1 aliphatic heterocycles. The van der Waals surface area contributed by atoms with Crippen LogP contribution in [0.2, 0.25) is 0 Å². The van der Waals surface area contributed by atoms with Crippen LogP contribution >= 0.6 is 0 Å². The summed E-state index contributed by atoms with van der Waals surface area (Å²) in [6.45, 7) is 4.60. The van der Waals surface area contributed by atoms with Crippen LogP contribution in [0.5, 0.6) is 0 Å². The van der Waals surface area contributed by atoms with Crippen molar-refractivity contribution < 1.29 is 9.21 Å². The molecule has 0 bridgehead atoms. The Labute approximate surface area is 142 Å². The Balaban J connectivity index is 1.68. The lowest BCUT2D eigenvalue weighted by Crippen LogP contribution is -2.32. The summed E-state index contributed by atoms with van der Waals surface area (Å²) < 4.78 is 5.90. The van der Waals surface area contributed by atoms with E-state index in [1.807, 2.05) is 24.8 Å². The quantitative estimate of drug-likeness (QED) is 0.847. The lowest BCUT2D eigenvalue weighted by Gasteiger charge is -2.25. The zero-order valence-electron chi connectivity index (χ0n) is 14.3. The lowest BCUT2D eigenvalue weighted by atomic mass is 9.94. The second-order valence-electron chi connectivity index (χ2n) is 6.83. The fraction of sp³-hybridized carbons (Fsp3) is 0.526. The van der Waals surface area contributed by atoms with Crippen LogP contribution in [0, 0.1) is 13.8 Å². The smallest absolute Gasteiger partial charge is 0.258 e. The first-order valence-electron chi connectivity index (χ1n) is 8.87. The predicted molar refractivity (Wildman–Crippen MR) is 89.9 cm³/mol. The van der Waals surface area contributed by atoms with Gasteiger partial charge in [0.15, 0.2) is 0 Å². The van der Waals surface area contributed by atoms with E-state index in [2.05, 4.69) is 9.97 Å². The van der Waals surface area contributed by atoms with Gasteiger partial charge in [0.2, 0.25) is 0 Å². The maximum atomic E-state index is 13.3. The van der Waals surface area contributed by atoms with E-state index in [4.69, 9.17) is 4.42 Å². The van der Waals surface area contributed by atoms with E-state index >= 15 is 0 Å². The Hall–Kier alpha value is -2.17. The summed E-state index contributed by atoms with van der Waals surface area (Å²) in [5.41, 5.74) is 2.90. The molecular formula is C19H23N3O2. The van der Waals surface area contributed by atoms with Crippen molar-refractivity contribution in [1.29, 1.82) is 0 Å². The summed E-state index contributed by atoms with van der Waals surface area (Å²) >= 11 is 0. The number of fused-ring (bicyclic) bond motifs is 1. The third-order valence-corrected chi connectivity index (χ3v) is 5.21. The molecule has 126 valence electrons. The summed E-state index contributed by atoms with van der Waals surface area (Å²) in [6.07, 6.45) is 7.96. The Kier molecular flexibility index (Phi) is 3.87. The Morgan fingerprint density at radius 3 is 2.92 bits per heavy atom. The summed E-state index contributed by atoms with van der Waals surface area (Å²) in [6, 6.07) is 1.98. The van der Waals surface area contributed by atoms with Gasteiger partial charge in [-0.3, -0.25) is 4.79 Å². The topological polar surface area (TPSA) is 59.2 Å². The molecule has 0 aromatic carbocycles. The molecule has 2 aliphatic rings. The minimum Gasteiger partial charge on any atom is -0.465 e. The van der Waals surface area contributed by atoms with Crippen LogP contribution in [-0.2, 0) is 12.8 Å². The van der Waals surface area contributed by atoms with Crippen molar-refractivity contribution >= 4 is 5.91 Å². The molecule has 4 rings (SSSR count). The predicted octanol–water partition coefficient (Wildman–Crippen LogP) is 3.54. The number of furan rings is 1. The number of carbonyl (C=O) groups excluding carboxylic acids is 1. The summed E-state index contributed by atoms with van der Waals surface area (Å²) in [5, 5.41) is 0. The fourth-order valence-corrected chi connectivity index (χ4v) is 4.10. The number of carbonyl (C=O) groups is 1. The molecule has 1 amide bonds. The first kappa shape index (κ1) is 15.4. The largest absolute Gasteiger partial charge is 0.465 e. The highest BCUT2D eigenvalue weighted by atomic mass is 16.3. The minimum absolute atomic E-state index is 0.0488. The van der Waals surface area contributed by atoms with E-state index in [1.54, 1.807) is 6.20 Å². The van der Waals surface area contributed by atoms with E-state index in [-0.39, 0.29) is 11.9 Å². The number of rotatable bonds is 2. The number of hydrogen-bond donors (Lipinski definition) is 0. The van der Waals surface area contributed by atoms with Gasteiger partial charge in [-0.25, -0.2) is 9.97 Å². The standard InChI is InChI=1S/C19H23N3O2/c1-12-18(14-6-3-4-8-17(14)24-12)19(23)22-11-5-7-16(22)15-9-10-20-13(2)21-15/h9-10,16H,3-8,11H2,1-2H3/t16-/m0/s1. The van der Waals surface area contributed by atoms with Crippen molar-refractivity contribution in [2.24, 2.45) is 0 Å². The monoisotopic (exact) mass is 325 g/mol. The van der Waals surface area contributed by atoms with Gasteiger partial charge < -0.3 is 9.32 Å². The van der Waals surface area contributed by atoms with Gasteiger partial charge in [0.05, 0.1) is 17.3 Å². The van der Waals surface area contributed by atoms with E-state index in [0.29, 0.717) is 0 Å². The average molecular weight is 325 g/mol. The lowest BCUT2D eigenvalue weighted by molar-refractivity contribution is 0.0730. The molecule has 1 saturated heterocycles. The number of amides is 1. The zero-order valence-corrected chi connectivity index (χ0v) is 14.3. The first-order chi connectivity index (χ1) is 11.6. The van der Waals surface area contributed by atoms with Gasteiger partial charge in [-0.15, -0.1) is 0 Å². The van der Waals surface area contributed by atoms with Crippen LogP contribution < -0.4 is 0 Å². The Bertz CT molecular complexity index is 781. The maximum Gasteiger partial charge on any atom is 0.258 e. The molecule has 5 nitrogen and oxygen atoms in total. The highest BCUT2D eigenvalue weighted by Crippen LogP contribution is 2.36. The molecular weight excluding hydrogens is 302 g/mol. The number of aryl methyl sites for hydroxylation is 3. The van der Waals surface area contributed by atoms with Gasteiger partial charge in [-0.05, 0) is 52.0 Å². The van der Waals surface area contributed by atoms with Gasteiger partial charge in [-0.2, -0.15) is 0 Å². The summed E-state index contributed by atoms with van der Waals surface area (Å²) in [5.74, 6) is 2.66. The normalized spacial score (nSPS) is 20.2. The number of hydrogen-bond acceptors (Lipinski definition) is 4. The van der Waals surface area contributed by atoms with E-state index in [0.717, 1.165) is 79.2 Å². The molecule has 1 aliphatic carbocycles. The number of aromatic nitrogens is 2. The molecule has 2 aromatic rings. The van der Waals surface area contributed by atoms with Crippen molar-refractivity contribution in [3.05, 3.63) is 46.4 Å². The average Bonchev–Trinajstić information content (AvgIpc) is 3.18. The third kappa shape index (κ3) is 2.52. The summed E-state index contributed by atoms with van der Waals surface area (Å²) in [4.78, 5) is 24.0. The maximum absolute atomic E-state index is 13.3. The second kappa shape index (κ2) is 6.04. The second-order valence-corrected chi connectivity index (χ2v) is 6.83. The van der Waals surface area contributed by atoms with Crippen molar-refractivity contribution in [2.75, 3.05) is 6.54 Å². The van der Waals surface area contributed by atoms with Crippen LogP contribution in [0.3, 0.4) is 0 Å². The molecule has 2 aromatic heterocycles. The van der Waals surface area contributed by atoms with E-state index < -0.39 is 0 Å². The molecule has 0 spiro atoms. The molecule has 0 unspecified atom stereocenters. The van der Waals surface area contributed by atoms with E-state index in [9.17, 15) is 4.79 Å². The molecule has 24 heavy (non-hydrogen) atoms. The Morgan fingerprint density at radius 2 is 2.08 bits per heavy atom. The fourth-order valence-electron chi connectivity index (χ4n) is 4.10. The summed E-state index contributed by atoms with van der Waals surface area (Å²) in [7, 11) is 0. The van der Waals surface area contributed by atoms with Gasteiger partial charge in [0.25, 0.3) is 5.91 Å². The van der Waals surface area contributed by atoms with Crippen molar-refractivity contribution in [3.8, 4) is 0 Å². The Morgan fingerprint density at radius 1 is 1.25 bits per heavy atom. The number of likely N-dealkylation sites (tertiary alicyclic amines) is 1. The van der Waals surface area contributed by atoms with Crippen molar-refractivity contribution in [3.63, 3.8) is 0 Å². The van der Waals surface area contributed by atoms with Crippen LogP contribution in [0.4, 0.5) is 0 Å². The van der Waals surface area contributed by atoms with Crippen molar-refractivity contribution in [2.45, 2.75) is 58.4 Å². The molecule has 0 saturated carbocycles. The first-order valence-corrected chi connectivity index (χ1v) is 8.87. The zero-order chi connectivity index (χ0) is 16.7. The van der Waals surface area contributed by atoms with Crippen LogP contribution in [-0.4, -0.2) is 27.3 Å². The molecule has 3 heterocycles. The molecule has 1 fully saturated rings.